The molecule has 1 amide bonds. The van der Waals surface area contributed by atoms with Crippen molar-refractivity contribution in [3.8, 4) is 0 Å². The van der Waals surface area contributed by atoms with Crippen molar-refractivity contribution in [1.82, 2.24) is 0 Å². The summed E-state index contributed by atoms with van der Waals surface area (Å²) in [6, 6.07) is 13.0. The zero-order valence-corrected chi connectivity index (χ0v) is 12.1. The van der Waals surface area contributed by atoms with E-state index in [0.29, 0.717) is 11.3 Å². The second kappa shape index (κ2) is 7.36. The van der Waals surface area contributed by atoms with Crippen LogP contribution in [0, 0.1) is 5.82 Å². The smallest absolute Gasteiger partial charge is 0.310 e. The lowest BCUT2D eigenvalue weighted by Gasteiger charge is -2.07. The van der Waals surface area contributed by atoms with Gasteiger partial charge in [0, 0.05) is 18.2 Å². The van der Waals surface area contributed by atoms with Gasteiger partial charge in [-0.2, -0.15) is 0 Å². The molecule has 114 valence electrons. The van der Waals surface area contributed by atoms with Crippen molar-refractivity contribution in [2.24, 2.45) is 0 Å². The molecule has 0 aliphatic rings. The fourth-order valence-electron chi connectivity index (χ4n) is 1.90. The lowest BCUT2D eigenvalue weighted by Crippen LogP contribution is -2.09. The van der Waals surface area contributed by atoms with Crippen LogP contribution in [0.25, 0.3) is 0 Å². The van der Waals surface area contributed by atoms with Crippen LogP contribution in [0.2, 0.25) is 0 Å². The largest absolute Gasteiger partial charge is 0.460 e. The van der Waals surface area contributed by atoms with Gasteiger partial charge >= 0.3 is 5.97 Å². The number of esters is 1. The Morgan fingerprint density at radius 3 is 2.41 bits per heavy atom. The van der Waals surface area contributed by atoms with Gasteiger partial charge in [-0.1, -0.05) is 30.3 Å². The second-order valence-electron chi connectivity index (χ2n) is 4.81. The Morgan fingerprint density at radius 2 is 1.77 bits per heavy atom. The van der Waals surface area contributed by atoms with Crippen LogP contribution >= 0.6 is 0 Å². The van der Waals surface area contributed by atoms with Crippen LogP contribution in [-0.2, 0) is 27.4 Å². The van der Waals surface area contributed by atoms with Crippen LogP contribution < -0.4 is 5.32 Å². The molecule has 5 heteroatoms. The predicted octanol–water partition coefficient (Wildman–Crippen LogP) is 3.07. The number of carbonyl (C=O) groups excluding carboxylic acids is 2. The normalized spacial score (nSPS) is 10.1. The third-order valence-electron chi connectivity index (χ3n) is 2.97. The number of hydrogen-bond acceptors (Lipinski definition) is 3. The van der Waals surface area contributed by atoms with Crippen LogP contribution in [-0.4, -0.2) is 11.9 Å². The molecule has 2 aromatic carbocycles. The molecule has 2 aromatic rings. The fourth-order valence-corrected chi connectivity index (χ4v) is 1.90. The summed E-state index contributed by atoms with van der Waals surface area (Å²) in [6.07, 6.45) is 0.0921. The third-order valence-corrected chi connectivity index (χ3v) is 2.97. The summed E-state index contributed by atoms with van der Waals surface area (Å²) in [4.78, 5) is 22.7. The molecule has 0 saturated heterocycles. The van der Waals surface area contributed by atoms with Crippen LogP contribution in [0.3, 0.4) is 0 Å². The van der Waals surface area contributed by atoms with Gasteiger partial charge in [0.25, 0.3) is 0 Å². The molecule has 2 rings (SSSR count). The highest BCUT2D eigenvalue weighted by atomic mass is 19.1. The first-order valence-corrected chi connectivity index (χ1v) is 6.80. The van der Waals surface area contributed by atoms with E-state index in [1.54, 1.807) is 42.5 Å². The maximum atomic E-state index is 13.4. The Balaban J connectivity index is 1.87. The van der Waals surface area contributed by atoms with Crippen molar-refractivity contribution >= 4 is 17.6 Å². The van der Waals surface area contributed by atoms with Gasteiger partial charge in [0.15, 0.2) is 0 Å². The van der Waals surface area contributed by atoms with Gasteiger partial charge in [-0.05, 0) is 23.8 Å². The standard InChI is InChI=1S/C17H16FNO3/c1-12(20)19-15-8-6-13(7-9-15)10-17(21)22-11-14-4-2-3-5-16(14)18/h2-9H,10-11H2,1H3,(H,19,20). The number of amides is 1. The zero-order chi connectivity index (χ0) is 15.9. The van der Waals surface area contributed by atoms with E-state index in [-0.39, 0.29) is 18.9 Å². The lowest BCUT2D eigenvalue weighted by atomic mass is 10.1. The van der Waals surface area contributed by atoms with E-state index in [4.69, 9.17) is 4.74 Å². The molecule has 4 nitrogen and oxygen atoms in total. The third kappa shape index (κ3) is 4.70. The fraction of sp³-hybridized carbons (Fsp3) is 0.176. The molecular weight excluding hydrogens is 285 g/mol. The number of benzene rings is 2. The Hall–Kier alpha value is -2.69. The quantitative estimate of drug-likeness (QED) is 0.864. The molecule has 0 saturated carbocycles. The Labute approximate surface area is 127 Å². The van der Waals surface area contributed by atoms with Crippen LogP contribution in [0.1, 0.15) is 18.1 Å². The first kappa shape index (κ1) is 15.7. The molecule has 0 aliphatic heterocycles. The molecule has 22 heavy (non-hydrogen) atoms. The SMILES string of the molecule is CC(=O)Nc1ccc(CC(=O)OCc2ccccc2F)cc1. The average Bonchev–Trinajstić information content (AvgIpc) is 2.48. The van der Waals surface area contributed by atoms with Gasteiger partial charge in [0.05, 0.1) is 6.42 Å². The molecule has 1 N–H and O–H groups in total. The number of ether oxygens (including phenoxy) is 1. The highest BCUT2D eigenvalue weighted by Gasteiger charge is 2.08. The Bertz CT molecular complexity index is 668. The van der Waals surface area contributed by atoms with E-state index in [1.807, 2.05) is 0 Å². The van der Waals surface area contributed by atoms with E-state index >= 15 is 0 Å². The number of carbonyl (C=O) groups is 2. The maximum Gasteiger partial charge on any atom is 0.310 e. The van der Waals surface area contributed by atoms with E-state index in [1.165, 1.54) is 13.0 Å². The second-order valence-corrected chi connectivity index (χ2v) is 4.81. The first-order chi connectivity index (χ1) is 10.5. The van der Waals surface area contributed by atoms with Crippen molar-refractivity contribution < 1.29 is 18.7 Å². The van der Waals surface area contributed by atoms with Gasteiger partial charge in [0.2, 0.25) is 5.91 Å². The minimum absolute atomic E-state index is 0.0878. The summed E-state index contributed by atoms with van der Waals surface area (Å²) in [5.41, 5.74) is 1.76. The topological polar surface area (TPSA) is 55.4 Å². The molecule has 0 atom stereocenters. The van der Waals surface area contributed by atoms with E-state index in [2.05, 4.69) is 5.32 Å². The van der Waals surface area contributed by atoms with Gasteiger partial charge in [0.1, 0.15) is 12.4 Å². The summed E-state index contributed by atoms with van der Waals surface area (Å²) < 4.78 is 18.4. The molecular formula is C17H16FNO3. The predicted molar refractivity (Wildman–Crippen MR) is 80.6 cm³/mol. The zero-order valence-electron chi connectivity index (χ0n) is 12.1. The molecule has 0 fully saturated rings. The lowest BCUT2D eigenvalue weighted by molar-refractivity contribution is -0.144. The van der Waals surface area contributed by atoms with Crippen molar-refractivity contribution in [2.75, 3.05) is 5.32 Å². The Kier molecular flexibility index (Phi) is 5.25. The van der Waals surface area contributed by atoms with Gasteiger partial charge in [-0.25, -0.2) is 4.39 Å². The highest BCUT2D eigenvalue weighted by molar-refractivity contribution is 5.88. The number of nitrogens with one attached hydrogen (secondary N) is 1. The van der Waals surface area contributed by atoms with Gasteiger partial charge < -0.3 is 10.1 Å². The molecule has 0 spiro atoms. The van der Waals surface area contributed by atoms with Crippen molar-refractivity contribution in [3.05, 3.63) is 65.5 Å². The van der Waals surface area contributed by atoms with E-state index < -0.39 is 11.8 Å². The monoisotopic (exact) mass is 301 g/mol. The number of anilines is 1. The van der Waals surface area contributed by atoms with Crippen LogP contribution in [0.15, 0.2) is 48.5 Å². The van der Waals surface area contributed by atoms with Crippen molar-refractivity contribution in [1.29, 1.82) is 0 Å². The Morgan fingerprint density at radius 1 is 1.09 bits per heavy atom. The molecule has 0 heterocycles. The van der Waals surface area contributed by atoms with Crippen molar-refractivity contribution in [2.45, 2.75) is 20.0 Å². The molecule has 0 unspecified atom stereocenters. The van der Waals surface area contributed by atoms with E-state index in [0.717, 1.165) is 5.56 Å². The maximum absolute atomic E-state index is 13.4. The molecule has 0 bridgehead atoms. The summed E-state index contributed by atoms with van der Waals surface area (Å²) >= 11 is 0. The molecule has 0 aliphatic carbocycles. The number of halogens is 1. The number of rotatable bonds is 5. The minimum Gasteiger partial charge on any atom is -0.460 e. The van der Waals surface area contributed by atoms with Crippen LogP contribution in [0.4, 0.5) is 10.1 Å². The average molecular weight is 301 g/mol. The summed E-state index contributed by atoms with van der Waals surface area (Å²) in [7, 11) is 0. The number of hydrogen-bond donors (Lipinski definition) is 1. The van der Waals surface area contributed by atoms with Crippen LogP contribution in [0.5, 0.6) is 0 Å². The summed E-state index contributed by atoms with van der Waals surface area (Å²) in [5.74, 6) is -0.984. The first-order valence-electron chi connectivity index (χ1n) is 6.80. The van der Waals surface area contributed by atoms with Crippen molar-refractivity contribution in [3.63, 3.8) is 0 Å². The summed E-state index contributed by atoms with van der Waals surface area (Å²) in [5, 5.41) is 2.64. The molecule has 0 aromatic heterocycles. The van der Waals surface area contributed by atoms with E-state index in [9.17, 15) is 14.0 Å². The minimum atomic E-state index is -0.435. The van der Waals surface area contributed by atoms with Gasteiger partial charge in [-0.3, -0.25) is 9.59 Å². The summed E-state index contributed by atoms with van der Waals surface area (Å²) in [6.45, 7) is 1.34. The highest BCUT2D eigenvalue weighted by Crippen LogP contribution is 2.12. The van der Waals surface area contributed by atoms with Gasteiger partial charge in [-0.15, -0.1) is 0 Å². The molecule has 0 radical (unpaired) electrons.